The van der Waals surface area contributed by atoms with Crippen LogP contribution in [0.2, 0.25) is 0 Å². The Kier molecular flexibility index (Phi) is 4.47. The van der Waals surface area contributed by atoms with Crippen molar-refractivity contribution < 1.29 is 12.8 Å². The third kappa shape index (κ3) is 3.67. The van der Waals surface area contributed by atoms with Gasteiger partial charge in [-0.3, -0.25) is 0 Å². The number of hydrogen-bond acceptors (Lipinski definition) is 3. The molecule has 1 aromatic carbocycles. The van der Waals surface area contributed by atoms with Crippen molar-refractivity contribution in [3.05, 3.63) is 24.0 Å². The summed E-state index contributed by atoms with van der Waals surface area (Å²) in [6.45, 7) is 3.75. The number of rotatable bonds is 5. The Bertz CT molecular complexity index is 488. The molecule has 1 atom stereocenters. The van der Waals surface area contributed by atoms with Gasteiger partial charge < -0.3 is 5.73 Å². The van der Waals surface area contributed by atoms with E-state index in [4.69, 9.17) is 5.73 Å². The van der Waals surface area contributed by atoms with Gasteiger partial charge in [0.15, 0.2) is 0 Å². The molecule has 0 spiro atoms. The van der Waals surface area contributed by atoms with Crippen LogP contribution in [-0.2, 0) is 10.0 Å². The zero-order valence-corrected chi connectivity index (χ0v) is 10.7. The monoisotopic (exact) mass is 260 g/mol. The minimum absolute atomic E-state index is 0.0816. The Morgan fingerprint density at radius 2 is 2.12 bits per heavy atom. The number of nitrogen functional groups attached to an aromatic ring is 1. The fourth-order valence-electron chi connectivity index (χ4n) is 1.58. The molecule has 0 aliphatic heterocycles. The summed E-state index contributed by atoms with van der Waals surface area (Å²) in [6.07, 6.45) is 1.61. The number of hydrogen-bond donors (Lipinski definition) is 2. The zero-order chi connectivity index (χ0) is 13.1. The van der Waals surface area contributed by atoms with E-state index in [2.05, 4.69) is 4.72 Å². The first-order valence-electron chi connectivity index (χ1n) is 5.44. The molecule has 17 heavy (non-hydrogen) atoms. The van der Waals surface area contributed by atoms with E-state index in [9.17, 15) is 12.8 Å². The van der Waals surface area contributed by atoms with E-state index >= 15 is 0 Å². The van der Waals surface area contributed by atoms with Crippen LogP contribution in [0.25, 0.3) is 0 Å². The highest BCUT2D eigenvalue weighted by atomic mass is 32.2. The number of benzene rings is 1. The van der Waals surface area contributed by atoms with E-state index in [0.717, 1.165) is 25.0 Å². The number of nitrogens with one attached hydrogen (secondary N) is 1. The van der Waals surface area contributed by atoms with Crippen molar-refractivity contribution >= 4 is 15.7 Å². The highest BCUT2D eigenvalue weighted by Crippen LogP contribution is 2.19. The Balaban J connectivity index is 2.97. The first-order valence-corrected chi connectivity index (χ1v) is 6.92. The van der Waals surface area contributed by atoms with Gasteiger partial charge in [-0.2, -0.15) is 0 Å². The van der Waals surface area contributed by atoms with Gasteiger partial charge in [0.1, 0.15) is 10.7 Å². The maximum absolute atomic E-state index is 12.8. The lowest BCUT2D eigenvalue weighted by Crippen LogP contribution is -2.32. The molecule has 0 aliphatic carbocycles. The van der Waals surface area contributed by atoms with Gasteiger partial charge in [-0.25, -0.2) is 17.5 Å². The maximum Gasteiger partial charge on any atom is 0.242 e. The SMILES string of the molecule is CCCC(C)NS(=O)(=O)c1ccc(F)cc1N. The second-order valence-corrected chi connectivity index (χ2v) is 5.68. The summed E-state index contributed by atoms with van der Waals surface area (Å²) in [6, 6.07) is 3.08. The molecular weight excluding hydrogens is 243 g/mol. The van der Waals surface area contributed by atoms with Crippen molar-refractivity contribution in [1.29, 1.82) is 0 Å². The summed E-state index contributed by atoms with van der Waals surface area (Å²) in [7, 11) is -3.67. The molecular formula is C11H17FN2O2S. The molecule has 0 aliphatic rings. The second-order valence-electron chi connectivity index (χ2n) is 3.99. The lowest BCUT2D eigenvalue weighted by atomic mass is 10.2. The van der Waals surface area contributed by atoms with Crippen LogP contribution < -0.4 is 10.5 Å². The summed E-state index contributed by atoms with van der Waals surface area (Å²) < 4.78 is 39.2. The highest BCUT2D eigenvalue weighted by Gasteiger charge is 2.19. The normalized spacial score (nSPS) is 13.6. The lowest BCUT2D eigenvalue weighted by molar-refractivity contribution is 0.544. The molecule has 0 fully saturated rings. The van der Waals surface area contributed by atoms with Crippen LogP contribution in [0.3, 0.4) is 0 Å². The molecule has 0 radical (unpaired) electrons. The molecule has 4 nitrogen and oxygen atoms in total. The van der Waals surface area contributed by atoms with E-state index in [0.29, 0.717) is 0 Å². The standard InChI is InChI=1S/C11H17FN2O2S/c1-3-4-8(2)14-17(15,16)11-6-5-9(12)7-10(11)13/h5-8,14H,3-4,13H2,1-2H3. The molecule has 1 rings (SSSR count). The van der Waals surface area contributed by atoms with Crippen LogP contribution >= 0.6 is 0 Å². The van der Waals surface area contributed by atoms with Crippen molar-refractivity contribution in [2.24, 2.45) is 0 Å². The van der Waals surface area contributed by atoms with Gasteiger partial charge in [0.05, 0.1) is 5.69 Å². The Morgan fingerprint density at radius 1 is 1.47 bits per heavy atom. The predicted octanol–water partition coefficient (Wildman–Crippen LogP) is 1.87. The Hall–Kier alpha value is -1.14. The minimum atomic E-state index is -3.67. The minimum Gasteiger partial charge on any atom is -0.398 e. The molecule has 0 saturated heterocycles. The molecule has 0 aromatic heterocycles. The fourth-order valence-corrected chi connectivity index (χ4v) is 2.98. The highest BCUT2D eigenvalue weighted by molar-refractivity contribution is 7.89. The molecule has 1 aromatic rings. The van der Waals surface area contributed by atoms with E-state index in [1.165, 1.54) is 6.07 Å². The van der Waals surface area contributed by atoms with Crippen LogP contribution in [0.5, 0.6) is 0 Å². The largest absolute Gasteiger partial charge is 0.398 e. The summed E-state index contributed by atoms with van der Waals surface area (Å²) in [5.41, 5.74) is 5.42. The van der Waals surface area contributed by atoms with Crippen LogP contribution in [0.15, 0.2) is 23.1 Å². The second kappa shape index (κ2) is 5.46. The maximum atomic E-state index is 12.8. The molecule has 1 unspecified atom stereocenters. The van der Waals surface area contributed by atoms with Crippen molar-refractivity contribution in [3.8, 4) is 0 Å². The van der Waals surface area contributed by atoms with E-state index in [-0.39, 0.29) is 16.6 Å². The van der Waals surface area contributed by atoms with Gasteiger partial charge in [0, 0.05) is 6.04 Å². The van der Waals surface area contributed by atoms with Crippen molar-refractivity contribution in [3.63, 3.8) is 0 Å². The molecule has 0 saturated carbocycles. The number of nitrogens with two attached hydrogens (primary N) is 1. The molecule has 6 heteroatoms. The van der Waals surface area contributed by atoms with Gasteiger partial charge >= 0.3 is 0 Å². The number of anilines is 1. The molecule has 3 N–H and O–H groups in total. The summed E-state index contributed by atoms with van der Waals surface area (Å²) in [5.74, 6) is -0.553. The molecule has 0 heterocycles. The average molecular weight is 260 g/mol. The van der Waals surface area contributed by atoms with E-state index in [1.54, 1.807) is 6.92 Å². The smallest absolute Gasteiger partial charge is 0.242 e. The van der Waals surface area contributed by atoms with Gasteiger partial charge in [-0.15, -0.1) is 0 Å². The quantitative estimate of drug-likeness (QED) is 0.794. The first-order chi connectivity index (χ1) is 7.86. The molecule has 0 amide bonds. The lowest BCUT2D eigenvalue weighted by Gasteiger charge is -2.14. The number of sulfonamides is 1. The zero-order valence-electron chi connectivity index (χ0n) is 9.90. The van der Waals surface area contributed by atoms with Gasteiger partial charge in [-0.05, 0) is 31.5 Å². The van der Waals surface area contributed by atoms with Gasteiger partial charge in [0.25, 0.3) is 0 Å². The Labute approximate surface area is 101 Å². The molecule has 0 bridgehead atoms. The van der Waals surface area contributed by atoms with Crippen LogP contribution in [0, 0.1) is 5.82 Å². The molecule has 96 valence electrons. The predicted molar refractivity (Wildman–Crippen MR) is 65.5 cm³/mol. The van der Waals surface area contributed by atoms with Crippen molar-refractivity contribution in [2.45, 2.75) is 37.6 Å². The summed E-state index contributed by atoms with van der Waals surface area (Å²) in [5, 5.41) is 0. The number of halogens is 1. The van der Waals surface area contributed by atoms with Crippen LogP contribution in [0.4, 0.5) is 10.1 Å². The fraction of sp³-hybridized carbons (Fsp3) is 0.455. The van der Waals surface area contributed by atoms with Crippen molar-refractivity contribution in [2.75, 3.05) is 5.73 Å². The van der Waals surface area contributed by atoms with E-state index < -0.39 is 15.8 Å². The average Bonchev–Trinajstić information content (AvgIpc) is 2.15. The van der Waals surface area contributed by atoms with Gasteiger partial charge in [-0.1, -0.05) is 13.3 Å². The summed E-state index contributed by atoms with van der Waals surface area (Å²) >= 11 is 0. The topological polar surface area (TPSA) is 72.2 Å². The van der Waals surface area contributed by atoms with Crippen LogP contribution in [-0.4, -0.2) is 14.5 Å². The Morgan fingerprint density at radius 3 is 2.65 bits per heavy atom. The third-order valence-corrected chi connectivity index (χ3v) is 4.00. The van der Waals surface area contributed by atoms with E-state index in [1.807, 2.05) is 6.92 Å². The van der Waals surface area contributed by atoms with Crippen molar-refractivity contribution in [1.82, 2.24) is 4.72 Å². The van der Waals surface area contributed by atoms with Gasteiger partial charge in [0.2, 0.25) is 10.0 Å². The summed E-state index contributed by atoms with van der Waals surface area (Å²) in [4.78, 5) is -0.0816. The van der Waals surface area contributed by atoms with Crippen LogP contribution in [0.1, 0.15) is 26.7 Å². The first kappa shape index (κ1) is 13.9. The third-order valence-electron chi connectivity index (χ3n) is 2.34.